The SMILES string of the molecule is CC(C)c1nnc(C(=O)C(N)C(C)C)o1.Cl. The molecule has 2 N–H and O–H groups in total. The molecule has 0 saturated carbocycles. The van der Waals surface area contributed by atoms with E-state index >= 15 is 0 Å². The lowest BCUT2D eigenvalue weighted by atomic mass is 10.0. The van der Waals surface area contributed by atoms with Gasteiger partial charge < -0.3 is 10.2 Å². The highest BCUT2D eigenvalue weighted by Gasteiger charge is 2.24. The average Bonchev–Trinajstić information content (AvgIpc) is 2.64. The van der Waals surface area contributed by atoms with E-state index in [1.54, 1.807) is 0 Å². The molecule has 1 rings (SSSR count). The van der Waals surface area contributed by atoms with Gasteiger partial charge in [-0.2, -0.15) is 0 Å². The van der Waals surface area contributed by atoms with Crippen molar-refractivity contribution in [1.29, 1.82) is 0 Å². The van der Waals surface area contributed by atoms with Crippen LogP contribution in [0.3, 0.4) is 0 Å². The van der Waals surface area contributed by atoms with E-state index < -0.39 is 6.04 Å². The van der Waals surface area contributed by atoms with Crippen molar-refractivity contribution in [2.45, 2.75) is 39.7 Å². The van der Waals surface area contributed by atoms with E-state index in [9.17, 15) is 4.79 Å². The Morgan fingerprint density at radius 3 is 2.19 bits per heavy atom. The molecule has 0 aliphatic carbocycles. The number of nitrogens with zero attached hydrogens (tertiary/aromatic N) is 2. The van der Waals surface area contributed by atoms with Gasteiger partial charge >= 0.3 is 0 Å². The van der Waals surface area contributed by atoms with Crippen molar-refractivity contribution in [3.63, 3.8) is 0 Å². The number of halogens is 1. The predicted molar refractivity (Wildman–Crippen MR) is 62.8 cm³/mol. The van der Waals surface area contributed by atoms with Crippen molar-refractivity contribution < 1.29 is 9.21 Å². The predicted octanol–water partition coefficient (Wildman–Crippen LogP) is 1.78. The molecule has 6 heteroatoms. The molecule has 0 aromatic carbocycles. The van der Waals surface area contributed by atoms with Crippen LogP contribution in [0.1, 0.15) is 50.2 Å². The van der Waals surface area contributed by atoms with Crippen LogP contribution >= 0.6 is 12.4 Å². The average molecular weight is 248 g/mol. The zero-order valence-electron chi connectivity index (χ0n) is 9.93. The first kappa shape index (κ1) is 15.1. The molecule has 92 valence electrons. The molecule has 1 heterocycles. The van der Waals surface area contributed by atoms with Crippen LogP contribution < -0.4 is 5.73 Å². The molecule has 16 heavy (non-hydrogen) atoms. The van der Waals surface area contributed by atoms with Crippen LogP contribution in [0, 0.1) is 5.92 Å². The summed E-state index contributed by atoms with van der Waals surface area (Å²) in [6, 6.07) is -0.578. The van der Waals surface area contributed by atoms with Gasteiger partial charge in [0.2, 0.25) is 11.7 Å². The zero-order chi connectivity index (χ0) is 11.6. The van der Waals surface area contributed by atoms with E-state index in [-0.39, 0.29) is 35.9 Å². The number of rotatable bonds is 4. The smallest absolute Gasteiger partial charge is 0.285 e. The summed E-state index contributed by atoms with van der Waals surface area (Å²) in [6.07, 6.45) is 0. The fraction of sp³-hybridized carbons (Fsp3) is 0.700. The molecule has 0 amide bonds. The van der Waals surface area contributed by atoms with Crippen LogP contribution in [-0.4, -0.2) is 22.0 Å². The first-order chi connectivity index (χ1) is 6.93. The third-order valence-corrected chi connectivity index (χ3v) is 2.17. The Bertz CT molecular complexity index is 350. The molecular formula is C10H18ClN3O2. The fourth-order valence-electron chi connectivity index (χ4n) is 1.01. The number of carbonyl (C=O) groups is 1. The second kappa shape index (κ2) is 5.96. The number of nitrogens with two attached hydrogens (primary N) is 1. The molecule has 0 spiro atoms. The fourth-order valence-corrected chi connectivity index (χ4v) is 1.01. The van der Waals surface area contributed by atoms with E-state index in [4.69, 9.17) is 10.2 Å². The third-order valence-electron chi connectivity index (χ3n) is 2.17. The van der Waals surface area contributed by atoms with Crippen LogP contribution in [0.5, 0.6) is 0 Å². The van der Waals surface area contributed by atoms with Crippen molar-refractivity contribution in [1.82, 2.24) is 10.2 Å². The normalized spacial score (nSPS) is 12.7. The first-order valence-electron chi connectivity index (χ1n) is 5.06. The molecule has 5 nitrogen and oxygen atoms in total. The maximum absolute atomic E-state index is 11.7. The summed E-state index contributed by atoms with van der Waals surface area (Å²) >= 11 is 0. The number of hydrogen-bond donors (Lipinski definition) is 1. The molecule has 1 atom stereocenters. The maximum Gasteiger partial charge on any atom is 0.285 e. The van der Waals surface area contributed by atoms with Crippen LogP contribution in [-0.2, 0) is 0 Å². The zero-order valence-corrected chi connectivity index (χ0v) is 10.7. The molecule has 1 aromatic rings. The molecule has 0 radical (unpaired) electrons. The van der Waals surface area contributed by atoms with Crippen molar-refractivity contribution in [3.05, 3.63) is 11.8 Å². The number of hydrogen-bond acceptors (Lipinski definition) is 5. The van der Waals surface area contributed by atoms with Gasteiger partial charge in [-0.25, -0.2) is 0 Å². The quantitative estimate of drug-likeness (QED) is 0.820. The number of carbonyl (C=O) groups excluding carboxylic acids is 1. The number of ketones is 1. The topological polar surface area (TPSA) is 82.0 Å². The molecule has 0 fully saturated rings. The Balaban J connectivity index is 0.00000225. The Hall–Kier alpha value is -0.940. The van der Waals surface area contributed by atoms with Gasteiger partial charge in [0, 0.05) is 5.92 Å². The summed E-state index contributed by atoms with van der Waals surface area (Å²) in [5.41, 5.74) is 5.70. The van der Waals surface area contributed by atoms with E-state index in [2.05, 4.69) is 10.2 Å². The monoisotopic (exact) mass is 247 g/mol. The highest BCUT2D eigenvalue weighted by Crippen LogP contribution is 2.14. The Kier molecular flexibility index (Phi) is 5.61. The minimum absolute atomic E-state index is 0. The summed E-state index contributed by atoms with van der Waals surface area (Å²) in [6.45, 7) is 7.60. The highest BCUT2D eigenvalue weighted by atomic mass is 35.5. The first-order valence-corrected chi connectivity index (χ1v) is 5.06. The minimum Gasteiger partial charge on any atom is -0.418 e. The largest absolute Gasteiger partial charge is 0.418 e. The summed E-state index contributed by atoms with van der Waals surface area (Å²) in [5, 5.41) is 7.48. The van der Waals surface area contributed by atoms with Crippen LogP contribution in [0.4, 0.5) is 0 Å². The second-order valence-electron chi connectivity index (χ2n) is 4.23. The van der Waals surface area contributed by atoms with Crippen LogP contribution in [0.2, 0.25) is 0 Å². The number of aromatic nitrogens is 2. The molecule has 1 unspecified atom stereocenters. The Morgan fingerprint density at radius 2 is 1.81 bits per heavy atom. The van der Waals surface area contributed by atoms with Gasteiger partial charge in [0.1, 0.15) is 0 Å². The van der Waals surface area contributed by atoms with E-state index in [0.717, 1.165) is 0 Å². The van der Waals surface area contributed by atoms with Gasteiger partial charge in [0.05, 0.1) is 6.04 Å². The summed E-state index contributed by atoms with van der Waals surface area (Å²) in [5.74, 6) is 0.375. The van der Waals surface area contributed by atoms with Crippen molar-refractivity contribution in [2.24, 2.45) is 11.7 Å². The lowest BCUT2D eigenvalue weighted by Gasteiger charge is -2.10. The molecular weight excluding hydrogens is 230 g/mol. The maximum atomic E-state index is 11.7. The van der Waals surface area contributed by atoms with Crippen LogP contribution in [0.25, 0.3) is 0 Å². The highest BCUT2D eigenvalue weighted by molar-refractivity contribution is 5.95. The van der Waals surface area contributed by atoms with Gasteiger partial charge in [0.15, 0.2) is 0 Å². The minimum atomic E-state index is -0.578. The van der Waals surface area contributed by atoms with E-state index in [1.165, 1.54) is 0 Å². The molecule has 0 saturated heterocycles. The lowest BCUT2D eigenvalue weighted by Crippen LogP contribution is -2.35. The summed E-state index contributed by atoms with van der Waals surface area (Å²) < 4.78 is 5.23. The van der Waals surface area contributed by atoms with Crippen molar-refractivity contribution in [3.8, 4) is 0 Å². The van der Waals surface area contributed by atoms with Gasteiger partial charge in [-0.05, 0) is 5.92 Å². The van der Waals surface area contributed by atoms with Gasteiger partial charge in [-0.3, -0.25) is 4.79 Å². The van der Waals surface area contributed by atoms with E-state index in [0.29, 0.717) is 5.89 Å². The summed E-state index contributed by atoms with van der Waals surface area (Å²) in [7, 11) is 0. The third kappa shape index (κ3) is 3.28. The van der Waals surface area contributed by atoms with E-state index in [1.807, 2.05) is 27.7 Å². The molecule has 1 aromatic heterocycles. The van der Waals surface area contributed by atoms with Crippen molar-refractivity contribution in [2.75, 3.05) is 0 Å². The Morgan fingerprint density at radius 1 is 1.25 bits per heavy atom. The number of Topliss-reactive ketones (excluding diaryl/α,β-unsaturated/α-hetero) is 1. The summed E-state index contributed by atoms with van der Waals surface area (Å²) in [4.78, 5) is 11.7. The second-order valence-corrected chi connectivity index (χ2v) is 4.23. The van der Waals surface area contributed by atoms with Crippen molar-refractivity contribution >= 4 is 18.2 Å². The molecule has 0 aliphatic heterocycles. The molecule has 0 bridgehead atoms. The lowest BCUT2D eigenvalue weighted by molar-refractivity contribution is 0.0903. The van der Waals surface area contributed by atoms with Crippen LogP contribution in [0.15, 0.2) is 4.42 Å². The van der Waals surface area contributed by atoms with Gasteiger partial charge in [-0.15, -0.1) is 22.6 Å². The van der Waals surface area contributed by atoms with Gasteiger partial charge in [-0.1, -0.05) is 27.7 Å². The molecule has 0 aliphatic rings. The van der Waals surface area contributed by atoms with Gasteiger partial charge in [0.25, 0.3) is 5.89 Å². The Labute approximate surface area is 101 Å². The standard InChI is InChI=1S/C10H17N3O2.ClH/c1-5(2)7(11)8(14)10-13-12-9(15-10)6(3)4;/h5-7H,11H2,1-4H3;1H.